The van der Waals surface area contributed by atoms with E-state index in [0.29, 0.717) is 18.5 Å². The fourth-order valence-corrected chi connectivity index (χ4v) is 2.10. The number of nitrogens with one attached hydrogen (secondary N) is 1. The molecular formula is C14H16N2O3. The number of nitrogens with zero attached hydrogens (tertiary/aromatic N) is 1. The molecule has 1 aromatic heterocycles. The molecule has 5 heteroatoms. The summed E-state index contributed by atoms with van der Waals surface area (Å²) in [6, 6.07) is 3.28. The topological polar surface area (TPSA) is 79.3 Å². The predicted molar refractivity (Wildman–Crippen MR) is 69.7 cm³/mol. The molecule has 1 aromatic rings. The molecular weight excluding hydrogens is 244 g/mol. The Kier molecular flexibility index (Phi) is 3.94. The Morgan fingerprint density at radius 1 is 1.47 bits per heavy atom. The smallest absolute Gasteiger partial charge is 0.306 e. The van der Waals surface area contributed by atoms with E-state index in [9.17, 15) is 9.59 Å². The summed E-state index contributed by atoms with van der Waals surface area (Å²) in [6.45, 7) is 1.89. The molecule has 1 aliphatic carbocycles. The number of aliphatic carboxylic acids is 1. The Morgan fingerprint density at radius 3 is 2.95 bits per heavy atom. The summed E-state index contributed by atoms with van der Waals surface area (Å²) in [7, 11) is 0. The number of allylic oxidation sites excluding steroid dienone is 1. The van der Waals surface area contributed by atoms with E-state index in [1.165, 1.54) is 0 Å². The normalized spacial score (nSPS) is 21.9. The Hall–Kier alpha value is -2.17. The highest BCUT2D eigenvalue weighted by atomic mass is 16.4. The minimum atomic E-state index is -0.822. The summed E-state index contributed by atoms with van der Waals surface area (Å²) in [5, 5.41) is 11.8. The van der Waals surface area contributed by atoms with E-state index in [2.05, 4.69) is 10.3 Å². The lowest BCUT2D eigenvalue weighted by molar-refractivity contribution is -0.142. The molecule has 100 valence electrons. The number of carboxylic acids is 1. The van der Waals surface area contributed by atoms with Crippen molar-refractivity contribution < 1.29 is 14.7 Å². The largest absolute Gasteiger partial charge is 0.481 e. The Bertz CT molecular complexity index is 525. The van der Waals surface area contributed by atoms with E-state index >= 15 is 0 Å². The van der Waals surface area contributed by atoms with Crippen LogP contribution in [-0.2, 0) is 4.79 Å². The van der Waals surface area contributed by atoms with Gasteiger partial charge in [0.05, 0.1) is 5.92 Å². The van der Waals surface area contributed by atoms with Crippen LogP contribution in [0.3, 0.4) is 0 Å². The zero-order chi connectivity index (χ0) is 13.8. The van der Waals surface area contributed by atoms with Gasteiger partial charge in [-0.25, -0.2) is 0 Å². The van der Waals surface area contributed by atoms with E-state index in [4.69, 9.17) is 5.11 Å². The standard InChI is InChI=1S/C14H16N2O3/c1-9-5-6-15-12(7-9)13(17)16-11-4-2-3-10(8-11)14(18)19/h2,4-7,10-11H,3,8H2,1H3,(H,16,17)(H,18,19)/t10-,11-/m0/s1. The van der Waals surface area contributed by atoms with E-state index in [1.807, 2.05) is 19.1 Å². The summed E-state index contributed by atoms with van der Waals surface area (Å²) < 4.78 is 0. The quantitative estimate of drug-likeness (QED) is 0.808. The number of pyridine rings is 1. The predicted octanol–water partition coefficient (Wildman–Crippen LogP) is 1.54. The monoisotopic (exact) mass is 260 g/mol. The second-order valence-electron chi connectivity index (χ2n) is 4.73. The van der Waals surface area contributed by atoms with Gasteiger partial charge in [0.1, 0.15) is 5.69 Å². The van der Waals surface area contributed by atoms with Crippen LogP contribution in [0, 0.1) is 12.8 Å². The van der Waals surface area contributed by atoms with Crippen LogP contribution < -0.4 is 5.32 Å². The highest BCUT2D eigenvalue weighted by Gasteiger charge is 2.24. The average Bonchev–Trinajstić information content (AvgIpc) is 2.39. The molecule has 1 amide bonds. The number of aryl methyl sites for hydroxylation is 1. The van der Waals surface area contributed by atoms with Crippen molar-refractivity contribution in [1.29, 1.82) is 0 Å². The average molecular weight is 260 g/mol. The molecule has 0 saturated heterocycles. The van der Waals surface area contributed by atoms with Crippen molar-refractivity contribution in [3.63, 3.8) is 0 Å². The van der Waals surface area contributed by atoms with Gasteiger partial charge < -0.3 is 10.4 Å². The lowest BCUT2D eigenvalue weighted by Gasteiger charge is -2.22. The summed E-state index contributed by atoms with van der Waals surface area (Å²) >= 11 is 0. The third kappa shape index (κ3) is 3.40. The maximum absolute atomic E-state index is 12.0. The SMILES string of the molecule is Cc1ccnc(C(=O)N[C@H]2C=CC[C@H](C(=O)O)C2)c1. The van der Waals surface area contributed by atoms with Gasteiger partial charge in [0.25, 0.3) is 5.91 Å². The van der Waals surface area contributed by atoms with Gasteiger partial charge in [0, 0.05) is 12.2 Å². The molecule has 0 aromatic carbocycles. The van der Waals surface area contributed by atoms with Crippen molar-refractivity contribution >= 4 is 11.9 Å². The molecule has 0 aliphatic heterocycles. The molecule has 19 heavy (non-hydrogen) atoms. The van der Waals surface area contributed by atoms with Crippen LogP contribution in [0.25, 0.3) is 0 Å². The minimum absolute atomic E-state index is 0.246. The van der Waals surface area contributed by atoms with Gasteiger partial charge in [-0.3, -0.25) is 14.6 Å². The highest BCUT2D eigenvalue weighted by molar-refractivity contribution is 5.92. The molecule has 1 aliphatic rings. The van der Waals surface area contributed by atoms with Gasteiger partial charge in [-0.1, -0.05) is 12.2 Å². The van der Waals surface area contributed by atoms with E-state index in [0.717, 1.165) is 5.56 Å². The molecule has 0 radical (unpaired) electrons. The van der Waals surface area contributed by atoms with Crippen LogP contribution >= 0.6 is 0 Å². The molecule has 0 fully saturated rings. The molecule has 5 nitrogen and oxygen atoms in total. The number of carbonyl (C=O) groups is 2. The fraction of sp³-hybridized carbons (Fsp3) is 0.357. The van der Waals surface area contributed by atoms with E-state index in [-0.39, 0.29) is 11.9 Å². The van der Waals surface area contributed by atoms with Crippen molar-refractivity contribution in [3.05, 3.63) is 41.7 Å². The number of carboxylic acid groups (broad SMARTS) is 1. The third-order valence-corrected chi connectivity index (χ3v) is 3.14. The summed E-state index contributed by atoms with van der Waals surface area (Å²) in [5.41, 5.74) is 1.31. The Balaban J connectivity index is 2.01. The first-order valence-electron chi connectivity index (χ1n) is 6.19. The maximum Gasteiger partial charge on any atom is 0.306 e. The first-order chi connectivity index (χ1) is 9.06. The lowest BCUT2D eigenvalue weighted by Crippen LogP contribution is -2.38. The summed E-state index contributed by atoms with van der Waals surface area (Å²) in [5.74, 6) is -1.53. The van der Waals surface area contributed by atoms with Crippen LogP contribution in [0.5, 0.6) is 0 Å². The van der Waals surface area contributed by atoms with E-state index < -0.39 is 11.9 Å². The highest BCUT2D eigenvalue weighted by Crippen LogP contribution is 2.19. The number of rotatable bonds is 3. The van der Waals surface area contributed by atoms with Crippen molar-refractivity contribution in [2.75, 3.05) is 0 Å². The number of aromatic nitrogens is 1. The molecule has 2 N–H and O–H groups in total. The molecule has 0 bridgehead atoms. The van der Waals surface area contributed by atoms with Crippen LogP contribution in [0.4, 0.5) is 0 Å². The van der Waals surface area contributed by atoms with Gasteiger partial charge >= 0.3 is 5.97 Å². The summed E-state index contributed by atoms with van der Waals surface area (Å²) in [4.78, 5) is 26.9. The third-order valence-electron chi connectivity index (χ3n) is 3.14. The molecule has 2 atom stereocenters. The van der Waals surface area contributed by atoms with Gasteiger partial charge in [0.15, 0.2) is 0 Å². The maximum atomic E-state index is 12.0. The van der Waals surface area contributed by atoms with Crippen molar-refractivity contribution in [2.24, 2.45) is 5.92 Å². The fourth-order valence-electron chi connectivity index (χ4n) is 2.10. The minimum Gasteiger partial charge on any atom is -0.481 e. The lowest BCUT2D eigenvalue weighted by atomic mass is 9.91. The van der Waals surface area contributed by atoms with Crippen LogP contribution in [0.15, 0.2) is 30.5 Å². The van der Waals surface area contributed by atoms with Gasteiger partial charge in [-0.05, 0) is 37.5 Å². The first kappa shape index (κ1) is 13.3. The second kappa shape index (κ2) is 5.65. The van der Waals surface area contributed by atoms with Crippen LogP contribution in [0.1, 0.15) is 28.9 Å². The zero-order valence-corrected chi connectivity index (χ0v) is 10.7. The van der Waals surface area contributed by atoms with Crippen molar-refractivity contribution in [3.8, 4) is 0 Å². The Labute approximate surface area is 111 Å². The van der Waals surface area contributed by atoms with Crippen molar-refractivity contribution in [2.45, 2.75) is 25.8 Å². The molecule has 2 rings (SSSR count). The second-order valence-corrected chi connectivity index (χ2v) is 4.73. The number of hydrogen-bond acceptors (Lipinski definition) is 3. The number of hydrogen-bond donors (Lipinski definition) is 2. The molecule has 0 saturated carbocycles. The Morgan fingerprint density at radius 2 is 2.26 bits per heavy atom. The number of amides is 1. The van der Waals surface area contributed by atoms with Crippen LogP contribution in [-0.4, -0.2) is 28.0 Å². The van der Waals surface area contributed by atoms with Gasteiger partial charge in [0.2, 0.25) is 0 Å². The van der Waals surface area contributed by atoms with Crippen molar-refractivity contribution in [1.82, 2.24) is 10.3 Å². The zero-order valence-electron chi connectivity index (χ0n) is 10.7. The molecule has 0 unspecified atom stereocenters. The molecule has 0 spiro atoms. The number of carbonyl (C=O) groups excluding carboxylic acids is 1. The van der Waals surface area contributed by atoms with Gasteiger partial charge in [-0.15, -0.1) is 0 Å². The molecule has 1 heterocycles. The van der Waals surface area contributed by atoms with Crippen LogP contribution in [0.2, 0.25) is 0 Å². The van der Waals surface area contributed by atoms with Gasteiger partial charge in [-0.2, -0.15) is 0 Å². The summed E-state index contributed by atoms with van der Waals surface area (Å²) in [6.07, 6.45) is 6.17. The van der Waals surface area contributed by atoms with E-state index in [1.54, 1.807) is 18.3 Å². The first-order valence-corrected chi connectivity index (χ1v) is 6.19.